The molecule has 15 heavy (non-hydrogen) atoms. The molecule has 0 aliphatic heterocycles. The summed E-state index contributed by atoms with van der Waals surface area (Å²) in [5.74, 6) is 0. The van der Waals surface area contributed by atoms with Crippen LogP contribution in [0.15, 0.2) is 29.4 Å². The highest BCUT2D eigenvalue weighted by molar-refractivity contribution is 6.04. The number of rotatable bonds is 3. The van der Waals surface area contributed by atoms with E-state index in [4.69, 9.17) is 10.9 Å². The molecule has 1 aromatic rings. The van der Waals surface area contributed by atoms with Gasteiger partial charge in [0.05, 0.1) is 4.92 Å². The molecule has 6 nitrogen and oxygen atoms in total. The lowest BCUT2D eigenvalue weighted by Crippen LogP contribution is -2.27. The number of oxime groups is 1. The molecule has 1 rings (SSSR count). The van der Waals surface area contributed by atoms with E-state index in [-0.39, 0.29) is 11.4 Å². The largest absolute Gasteiger partial charge is 0.411 e. The van der Waals surface area contributed by atoms with Gasteiger partial charge < -0.3 is 10.9 Å². The number of nitrogens with two attached hydrogens (primary N) is 1. The van der Waals surface area contributed by atoms with Crippen molar-refractivity contribution >= 4 is 11.4 Å². The van der Waals surface area contributed by atoms with Crippen LogP contribution in [0.1, 0.15) is 12.5 Å². The summed E-state index contributed by atoms with van der Waals surface area (Å²) in [7, 11) is 0. The Bertz CT molecular complexity index is 401. The molecule has 0 saturated heterocycles. The first-order chi connectivity index (χ1) is 7.06. The lowest BCUT2D eigenvalue weighted by Gasteiger charge is -2.07. The summed E-state index contributed by atoms with van der Waals surface area (Å²) in [6, 6.07) is 5.31. The summed E-state index contributed by atoms with van der Waals surface area (Å²) in [6.07, 6.45) is 0. The third-order valence-corrected chi connectivity index (χ3v) is 1.89. The van der Waals surface area contributed by atoms with Crippen molar-refractivity contribution in [2.45, 2.75) is 13.0 Å². The van der Waals surface area contributed by atoms with Gasteiger partial charge in [-0.1, -0.05) is 17.3 Å². The summed E-state index contributed by atoms with van der Waals surface area (Å²) in [6.45, 7) is 1.63. The molecule has 0 spiro atoms. The van der Waals surface area contributed by atoms with E-state index in [1.54, 1.807) is 13.0 Å². The first-order valence-corrected chi connectivity index (χ1v) is 4.28. The Hall–Kier alpha value is -1.95. The zero-order valence-electron chi connectivity index (χ0n) is 8.12. The van der Waals surface area contributed by atoms with Crippen LogP contribution in [0.4, 0.5) is 5.69 Å². The highest BCUT2D eigenvalue weighted by atomic mass is 16.6. The fourth-order valence-corrected chi connectivity index (χ4v) is 1.19. The number of nitro benzene ring substituents is 1. The van der Waals surface area contributed by atoms with Crippen LogP contribution in [0.2, 0.25) is 0 Å². The molecular weight excluding hydrogens is 198 g/mol. The molecule has 0 aliphatic rings. The monoisotopic (exact) mass is 209 g/mol. The van der Waals surface area contributed by atoms with Crippen molar-refractivity contribution in [1.82, 2.24) is 0 Å². The van der Waals surface area contributed by atoms with E-state index < -0.39 is 11.0 Å². The second kappa shape index (κ2) is 4.52. The smallest absolute Gasteiger partial charge is 0.270 e. The second-order valence-electron chi connectivity index (χ2n) is 3.08. The summed E-state index contributed by atoms with van der Waals surface area (Å²) in [5.41, 5.74) is 6.15. The zero-order chi connectivity index (χ0) is 11.4. The molecular formula is C9H11N3O3. The second-order valence-corrected chi connectivity index (χ2v) is 3.08. The summed E-state index contributed by atoms with van der Waals surface area (Å²) in [4.78, 5) is 9.99. The molecule has 3 N–H and O–H groups in total. The number of nitrogens with zero attached hydrogens (tertiary/aromatic N) is 2. The Kier molecular flexibility index (Phi) is 3.35. The van der Waals surface area contributed by atoms with Crippen LogP contribution < -0.4 is 5.73 Å². The van der Waals surface area contributed by atoms with Crippen molar-refractivity contribution < 1.29 is 10.1 Å². The average Bonchev–Trinajstić information content (AvgIpc) is 2.18. The van der Waals surface area contributed by atoms with Crippen molar-refractivity contribution in [3.05, 3.63) is 39.9 Å². The number of hydrogen-bond acceptors (Lipinski definition) is 5. The Morgan fingerprint density at radius 2 is 2.33 bits per heavy atom. The van der Waals surface area contributed by atoms with E-state index in [2.05, 4.69) is 5.16 Å². The third kappa shape index (κ3) is 2.50. The van der Waals surface area contributed by atoms with Crippen LogP contribution in [-0.2, 0) is 0 Å². The van der Waals surface area contributed by atoms with Gasteiger partial charge in [0.25, 0.3) is 5.69 Å². The van der Waals surface area contributed by atoms with Gasteiger partial charge in [-0.2, -0.15) is 0 Å². The van der Waals surface area contributed by atoms with Gasteiger partial charge in [0.2, 0.25) is 0 Å². The average molecular weight is 209 g/mol. The predicted octanol–water partition coefficient (Wildman–Crippen LogP) is 1.12. The maximum Gasteiger partial charge on any atom is 0.270 e. The van der Waals surface area contributed by atoms with E-state index >= 15 is 0 Å². The summed E-state index contributed by atoms with van der Waals surface area (Å²) >= 11 is 0. The molecule has 0 fully saturated rings. The predicted molar refractivity (Wildman–Crippen MR) is 55.1 cm³/mol. The summed E-state index contributed by atoms with van der Waals surface area (Å²) in [5, 5.41) is 22.3. The zero-order valence-corrected chi connectivity index (χ0v) is 8.12. The maximum absolute atomic E-state index is 10.5. The molecule has 80 valence electrons. The number of benzene rings is 1. The highest BCUT2D eigenvalue weighted by Crippen LogP contribution is 2.14. The van der Waals surface area contributed by atoms with Crippen molar-refractivity contribution in [3.8, 4) is 0 Å². The number of non-ortho nitro benzene ring substituents is 1. The van der Waals surface area contributed by atoms with Crippen LogP contribution in [0, 0.1) is 10.1 Å². The fraction of sp³-hybridized carbons (Fsp3) is 0.222. The minimum absolute atomic E-state index is 0.0608. The fourth-order valence-electron chi connectivity index (χ4n) is 1.19. The SMILES string of the molecule is CC(N)/C(=N/O)c1cccc([N+](=O)[O-])c1. The maximum atomic E-state index is 10.5. The van der Waals surface area contributed by atoms with Gasteiger partial charge in [0, 0.05) is 23.7 Å². The van der Waals surface area contributed by atoms with Crippen LogP contribution in [0.5, 0.6) is 0 Å². The quantitative estimate of drug-likeness (QED) is 0.337. The number of nitro groups is 1. The molecule has 0 aliphatic carbocycles. The van der Waals surface area contributed by atoms with E-state index in [1.165, 1.54) is 18.2 Å². The van der Waals surface area contributed by atoms with Crippen molar-refractivity contribution in [1.29, 1.82) is 0 Å². The Morgan fingerprint density at radius 1 is 1.67 bits per heavy atom. The Balaban J connectivity index is 3.15. The molecule has 0 heterocycles. The topological polar surface area (TPSA) is 102 Å². The van der Waals surface area contributed by atoms with Crippen LogP contribution in [0.25, 0.3) is 0 Å². The van der Waals surface area contributed by atoms with Crippen molar-refractivity contribution in [3.63, 3.8) is 0 Å². The number of hydrogen-bond donors (Lipinski definition) is 2. The van der Waals surface area contributed by atoms with E-state index in [9.17, 15) is 10.1 Å². The molecule has 0 bridgehead atoms. The molecule has 0 amide bonds. The minimum atomic E-state index is -0.514. The molecule has 1 atom stereocenters. The normalized spacial score (nSPS) is 13.6. The van der Waals surface area contributed by atoms with E-state index in [0.717, 1.165) is 0 Å². The third-order valence-electron chi connectivity index (χ3n) is 1.89. The van der Waals surface area contributed by atoms with Crippen molar-refractivity contribution in [2.75, 3.05) is 0 Å². The van der Waals surface area contributed by atoms with Crippen LogP contribution in [0.3, 0.4) is 0 Å². The van der Waals surface area contributed by atoms with Crippen molar-refractivity contribution in [2.24, 2.45) is 10.9 Å². The molecule has 1 aromatic carbocycles. The van der Waals surface area contributed by atoms with Crippen LogP contribution >= 0.6 is 0 Å². The van der Waals surface area contributed by atoms with E-state index in [1.807, 2.05) is 0 Å². The first kappa shape index (κ1) is 11.1. The standard InChI is InChI=1S/C9H11N3O3/c1-6(10)9(11-13)7-3-2-4-8(5-7)12(14)15/h2-6,13H,10H2,1H3/b11-9-. The van der Waals surface area contributed by atoms with Crippen LogP contribution in [-0.4, -0.2) is 21.9 Å². The Morgan fingerprint density at radius 3 is 2.80 bits per heavy atom. The van der Waals surface area contributed by atoms with Gasteiger partial charge in [-0.05, 0) is 6.92 Å². The molecule has 1 unspecified atom stereocenters. The van der Waals surface area contributed by atoms with Gasteiger partial charge in [-0.25, -0.2) is 0 Å². The first-order valence-electron chi connectivity index (χ1n) is 4.28. The van der Waals surface area contributed by atoms with Gasteiger partial charge in [0.15, 0.2) is 0 Å². The van der Waals surface area contributed by atoms with Gasteiger partial charge in [-0.3, -0.25) is 10.1 Å². The Labute approximate surface area is 86.2 Å². The molecule has 6 heteroatoms. The van der Waals surface area contributed by atoms with Gasteiger partial charge >= 0.3 is 0 Å². The lowest BCUT2D eigenvalue weighted by atomic mass is 10.0. The molecule has 0 saturated carbocycles. The highest BCUT2D eigenvalue weighted by Gasteiger charge is 2.13. The summed E-state index contributed by atoms with van der Waals surface area (Å²) < 4.78 is 0. The van der Waals surface area contributed by atoms with E-state index in [0.29, 0.717) is 5.56 Å². The minimum Gasteiger partial charge on any atom is -0.411 e. The molecule has 0 radical (unpaired) electrons. The lowest BCUT2D eigenvalue weighted by molar-refractivity contribution is -0.384. The van der Waals surface area contributed by atoms with Gasteiger partial charge in [-0.15, -0.1) is 0 Å². The van der Waals surface area contributed by atoms with Gasteiger partial charge in [0.1, 0.15) is 5.71 Å². The molecule has 0 aromatic heterocycles.